The Labute approximate surface area is 101 Å². The minimum atomic E-state index is 0. The quantitative estimate of drug-likeness (QED) is 0.409. The molecule has 0 aromatic carbocycles. The van der Waals surface area contributed by atoms with Crippen LogP contribution in [0.4, 0.5) is 0 Å². The highest BCUT2D eigenvalue weighted by Crippen LogP contribution is 2.03. The maximum Gasteiger partial charge on any atom is 0.0780 e. The molecule has 0 radical (unpaired) electrons. The highest BCUT2D eigenvalue weighted by Gasteiger charge is 2.08. The van der Waals surface area contributed by atoms with Crippen molar-refractivity contribution < 1.29 is 25.9 Å². The molecule has 0 saturated carbocycles. The van der Waals surface area contributed by atoms with Crippen molar-refractivity contribution in [1.29, 1.82) is 0 Å². The predicted octanol–water partition coefficient (Wildman–Crippen LogP) is -1.43. The molecule has 0 saturated heterocycles. The molecule has 0 fully saturated rings. The highest BCUT2D eigenvalue weighted by atomic mass is 79.9. The fourth-order valence-corrected chi connectivity index (χ4v) is 1.35. The second kappa shape index (κ2) is 6.81. The molecule has 0 aliphatic carbocycles. The van der Waals surface area contributed by atoms with Gasteiger partial charge in [0.15, 0.2) is 0 Å². The van der Waals surface area contributed by atoms with E-state index in [9.17, 15) is 0 Å². The molecule has 0 aliphatic rings. The van der Waals surface area contributed by atoms with E-state index in [4.69, 9.17) is 0 Å². The average molecular weight is 268 g/mol. The monoisotopic (exact) mass is 267 g/mol. The first-order chi connectivity index (χ1) is 5.71. The molecule has 0 aromatic rings. The summed E-state index contributed by atoms with van der Waals surface area (Å²) in [6, 6.07) is 0. The Morgan fingerprint density at radius 1 is 0.571 bits per heavy atom. The highest BCUT2D eigenvalue weighted by molar-refractivity contribution is 4.40. The van der Waals surface area contributed by atoms with Gasteiger partial charge in [-0.2, -0.15) is 0 Å². The third kappa shape index (κ3) is 14.9. The van der Waals surface area contributed by atoms with E-state index >= 15 is 0 Å². The summed E-state index contributed by atoms with van der Waals surface area (Å²) in [5.74, 6) is 0. The van der Waals surface area contributed by atoms with E-state index in [-0.39, 0.29) is 17.0 Å². The number of halogens is 1. The SMILES string of the molecule is C[N+](C)(C)CCCCC[N+](C)(C)C.[Br-]. The van der Waals surface area contributed by atoms with Crippen molar-refractivity contribution in [2.45, 2.75) is 19.3 Å². The summed E-state index contributed by atoms with van der Waals surface area (Å²) < 4.78 is 2.20. The number of rotatable bonds is 6. The molecular formula is C11H28BrN2+. The van der Waals surface area contributed by atoms with Crippen LogP contribution in [-0.2, 0) is 0 Å². The summed E-state index contributed by atoms with van der Waals surface area (Å²) in [6.07, 6.45) is 4.11. The van der Waals surface area contributed by atoms with Gasteiger partial charge in [0.25, 0.3) is 0 Å². The molecule has 14 heavy (non-hydrogen) atoms. The molecule has 0 bridgehead atoms. The molecule has 0 amide bonds. The Morgan fingerprint density at radius 2 is 0.857 bits per heavy atom. The molecule has 2 nitrogen and oxygen atoms in total. The molecule has 3 heteroatoms. The zero-order valence-corrected chi connectivity index (χ0v) is 12.4. The Hall–Kier alpha value is 0.400. The van der Waals surface area contributed by atoms with E-state index in [2.05, 4.69) is 42.3 Å². The lowest BCUT2D eigenvalue weighted by Gasteiger charge is -2.25. The molecule has 0 unspecified atom stereocenters. The molecule has 0 N–H and O–H groups in total. The van der Waals surface area contributed by atoms with Crippen molar-refractivity contribution in [1.82, 2.24) is 0 Å². The predicted molar refractivity (Wildman–Crippen MR) is 59.6 cm³/mol. The van der Waals surface area contributed by atoms with Crippen LogP contribution in [0.15, 0.2) is 0 Å². The molecule has 0 heterocycles. The van der Waals surface area contributed by atoms with Gasteiger partial charge in [-0.1, -0.05) is 0 Å². The largest absolute Gasteiger partial charge is 1.00 e. The maximum absolute atomic E-state index is 2.26. The van der Waals surface area contributed by atoms with Gasteiger partial charge < -0.3 is 25.9 Å². The molecule has 0 aliphatic heterocycles. The zero-order valence-electron chi connectivity index (χ0n) is 10.8. The van der Waals surface area contributed by atoms with E-state index in [1.807, 2.05) is 0 Å². The molecule has 0 atom stereocenters. The van der Waals surface area contributed by atoms with Crippen LogP contribution in [0, 0.1) is 0 Å². The summed E-state index contributed by atoms with van der Waals surface area (Å²) in [6.45, 7) is 2.61. The lowest BCUT2D eigenvalue weighted by atomic mass is 10.2. The lowest BCUT2D eigenvalue weighted by Crippen LogP contribution is -3.00. The van der Waals surface area contributed by atoms with Crippen LogP contribution < -0.4 is 17.0 Å². The number of hydrogen-bond donors (Lipinski definition) is 0. The number of nitrogens with zero attached hydrogens (tertiary/aromatic N) is 2. The van der Waals surface area contributed by atoms with E-state index < -0.39 is 0 Å². The smallest absolute Gasteiger partial charge is 0.0780 e. The minimum Gasteiger partial charge on any atom is -1.00 e. The van der Waals surface area contributed by atoms with Crippen LogP contribution in [-0.4, -0.2) is 64.3 Å². The maximum atomic E-state index is 2.26. The fraction of sp³-hybridized carbons (Fsp3) is 1.00. The fourth-order valence-electron chi connectivity index (χ4n) is 1.35. The van der Waals surface area contributed by atoms with Crippen molar-refractivity contribution in [3.05, 3.63) is 0 Å². The van der Waals surface area contributed by atoms with Crippen LogP contribution >= 0.6 is 0 Å². The topological polar surface area (TPSA) is 0 Å². The number of unbranched alkanes of at least 4 members (excludes halogenated alkanes) is 2. The third-order valence-corrected chi connectivity index (χ3v) is 2.16. The van der Waals surface area contributed by atoms with Crippen LogP contribution in [0.1, 0.15) is 19.3 Å². The van der Waals surface area contributed by atoms with Gasteiger partial charge >= 0.3 is 0 Å². The van der Waals surface area contributed by atoms with Crippen LogP contribution in [0.5, 0.6) is 0 Å². The Kier molecular flexibility index (Phi) is 8.17. The van der Waals surface area contributed by atoms with Crippen molar-refractivity contribution in [2.75, 3.05) is 55.4 Å². The number of quaternary nitrogens is 2. The minimum absolute atomic E-state index is 0. The molecule has 88 valence electrons. The molecule has 0 aromatic heterocycles. The van der Waals surface area contributed by atoms with Gasteiger partial charge in [-0.3, -0.25) is 0 Å². The Morgan fingerprint density at radius 3 is 1.07 bits per heavy atom. The standard InChI is InChI=1S/C11H28N2.BrH/c1-12(2,3)10-8-7-9-11-13(4,5)6;/h7-11H2,1-6H3;1H/q+2;/p-1. The van der Waals surface area contributed by atoms with E-state index in [0.29, 0.717) is 0 Å². The first-order valence-corrected chi connectivity index (χ1v) is 5.32. The molecule has 0 rings (SSSR count). The second-order valence-corrected chi connectivity index (χ2v) is 6.09. The van der Waals surface area contributed by atoms with Crippen molar-refractivity contribution in [3.63, 3.8) is 0 Å². The van der Waals surface area contributed by atoms with Gasteiger partial charge in [-0.15, -0.1) is 0 Å². The van der Waals surface area contributed by atoms with E-state index in [0.717, 1.165) is 8.97 Å². The summed E-state index contributed by atoms with van der Waals surface area (Å²) in [7, 11) is 13.6. The van der Waals surface area contributed by atoms with Gasteiger partial charge in [-0.25, -0.2) is 0 Å². The molecular weight excluding hydrogens is 240 g/mol. The first-order valence-electron chi connectivity index (χ1n) is 5.32. The molecule has 0 spiro atoms. The van der Waals surface area contributed by atoms with E-state index in [1.165, 1.54) is 32.4 Å². The summed E-state index contributed by atoms with van der Waals surface area (Å²) in [5.41, 5.74) is 0. The van der Waals surface area contributed by atoms with Gasteiger partial charge in [0, 0.05) is 0 Å². The Bertz CT molecular complexity index is 117. The average Bonchev–Trinajstić information content (AvgIpc) is 1.81. The van der Waals surface area contributed by atoms with Crippen molar-refractivity contribution >= 4 is 0 Å². The zero-order chi connectivity index (χ0) is 10.5. The van der Waals surface area contributed by atoms with Gasteiger partial charge in [0.2, 0.25) is 0 Å². The second-order valence-electron chi connectivity index (χ2n) is 6.09. The van der Waals surface area contributed by atoms with Crippen molar-refractivity contribution in [2.24, 2.45) is 0 Å². The normalized spacial score (nSPS) is 12.4. The summed E-state index contributed by atoms with van der Waals surface area (Å²) >= 11 is 0. The van der Waals surface area contributed by atoms with Gasteiger partial charge in [0.1, 0.15) is 0 Å². The van der Waals surface area contributed by atoms with Crippen LogP contribution in [0.25, 0.3) is 0 Å². The summed E-state index contributed by atoms with van der Waals surface area (Å²) in [5, 5.41) is 0. The number of hydrogen-bond acceptors (Lipinski definition) is 0. The van der Waals surface area contributed by atoms with Crippen LogP contribution in [0.3, 0.4) is 0 Å². The summed E-state index contributed by atoms with van der Waals surface area (Å²) in [4.78, 5) is 0. The van der Waals surface area contributed by atoms with Crippen LogP contribution in [0.2, 0.25) is 0 Å². The van der Waals surface area contributed by atoms with Crippen molar-refractivity contribution in [3.8, 4) is 0 Å². The first kappa shape index (κ1) is 16.8. The van der Waals surface area contributed by atoms with Gasteiger partial charge in [-0.05, 0) is 19.3 Å². The van der Waals surface area contributed by atoms with E-state index in [1.54, 1.807) is 0 Å². The Balaban J connectivity index is 0. The third-order valence-electron chi connectivity index (χ3n) is 2.16. The lowest BCUT2D eigenvalue weighted by molar-refractivity contribution is -0.872. The van der Waals surface area contributed by atoms with Gasteiger partial charge in [0.05, 0.1) is 55.4 Å².